The van der Waals surface area contributed by atoms with Crippen LogP contribution in [0.4, 0.5) is 0 Å². The number of rotatable bonds is 8. The van der Waals surface area contributed by atoms with Gasteiger partial charge in [0.05, 0.1) is 19.8 Å². The Morgan fingerprint density at radius 2 is 1.35 bits per heavy atom. The maximum absolute atomic E-state index is 11.9. The highest BCUT2D eigenvalue weighted by molar-refractivity contribution is 5.68. The Kier molecular flexibility index (Phi) is 9.68. The highest BCUT2D eigenvalue weighted by Crippen LogP contribution is 2.32. The summed E-state index contributed by atoms with van der Waals surface area (Å²) in [5.41, 5.74) is 0. The van der Waals surface area contributed by atoms with E-state index in [2.05, 4.69) is 0 Å². The van der Waals surface area contributed by atoms with E-state index in [-0.39, 0.29) is 6.61 Å². The maximum Gasteiger partial charge on any atom is 0.303 e. The van der Waals surface area contributed by atoms with Crippen LogP contribution in [0, 0.1) is 0 Å². The number of hydrogen-bond acceptors (Lipinski definition) is 13. The highest BCUT2D eigenvalue weighted by Gasteiger charge is 2.53. The van der Waals surface area contributed by atoms with Gasteiger partial charge in [-0.3, -0.25) is 14.4 Å². The molecule has 206 valence electrons. The Morgan fingerprint density at radius 3 is 1.92 bits per heavy atom. The second-order valence-electron chi connectivity index (χ2n) is 8.59. The molecule has 0 bridgehead atoms. The van der Waals surface area contributed by atoms with E-state index >= 15 is 0 Å². The normalized spacial score (nSPS) is 33.6. The van der Waals surface area contributed by atoms with E-state index < -0.39 is 73.2 Å². The molecule has 1 aromatic rings. The lowest BCUT2D eigenvalue weighted by Gasteiger charge is -2.46. The van der Waals surface area contributed by atoms with E-state index in [0.29, 0.717) is 11.5 Å². The van der Waals surface area contributed by atoms with Crippen LogP contribution < -0.4 is 9.47 Å². The molecule has 0 spiro atoms. The SMILES string of the molecule is COc1ccc(O[C@@H]2OC[C@H](O)[C@H](O[C@@H]3O[C@H](C)[C@H](OC(C)=O)[C@H](OC(C)=O)[C@H]3OC(C)=O)[C@H]2O)cc1. The molecule has 0 unspecified atom stereocenters. The molecule has 2 fully saturated rings. The van der Waals surface area contributed by atoms with Crippen molar-refractivity contribution in [2.45, 2.75) is 83.0 Å². The van der Waals surface area contributed by atoms with Crippen LogP contribution in [-0.2, 0) is 42.8 Å². The lowest BCUT2D eigenvalue weighted by atomic mass is 9.98. The van der Waals surface area contributed by atoms with E-state index in [1.54, 1.807) is 24.3 Å². The van der Waals surface area contributed by atoms with Gasteiger partial charge in [0.2, 0.25) is 6.29 Å². The van der Waals surface area contributed by atoms with Gasteiger partial charge in [0.25, 0.3) is 0 Å². The molecule has 2 saturated heterocycles. The van der Waals surface area contributed by atoms with Gasteiger partial charge in [-0.2, -0.15) is 0 Å². The van der Waals surface area contributed by atoms with Gasteiger partial charge in [-0.15, -0.1) is 0 Å². The fourth-order valence-corrected chi connectivity index (χ4v) is 4.07. The Labute approximate surface area is 213 Å². The van der Waals surface area contributed by atoms with Crippen LogP contribution in [0.25, 0.3) is 0 Å². The van der Waals surface area contributed by atoms with Crippen molar-refractivity contribution >= 4 is 17.9 Å². The molecule has 0 aromatic heterocycles. The van der Waals surface area contributed by atoms with E-state index in [4.69, 9.17) is 37.9 Å². The van der Waals surface area contributed by atoms with Gasteiger partial charge >= 0.3 is 17.9 Å². The zero-order valence-corrected chi connectivity index (χ0v) is 21.1. The second kappa shape index (κ2) is 12.5. The fraction of sp³-hybridized carbons (Fsp3) is 0.625. The van der Waals surface area contributed by atoms with Crippen LogP contribution in [-0.4, -0.2) is 97.1 Å². The molecule has 9 atom stereocenters. The molecule has 0 amide bonds. The van der Waals surface area contributed by atoms with Crippen molar-refractivity contribution in [1.29, 1.82) is 0 Å². The summed E-state index contributed by atoms with van der Waals surface area (Å²) in [7, 11) is 1.52. The average Bonchev–Trinajstić information content (AvgIpc) is 2.82. The van der Waals surface area contributed by atoms with Gasteiger partial charge in [-0.25, -0.2) is 0 Å². The number of carbonyl (C=O) groups excluding carboxylic acids is 3. The highest BCUT2D eigenvalue weighted by atomic mass is 16.7. The summed E-state index contributed by atoms with van der Waals surface area (Å²) in [6, 6.07) is 6.53. The number of aliphatic hydroxyl groups excluding tert-OH is 2. The Bertz CT molecular complexity index is 935. The fourth-order valence-electron chi connectivity index (χ4n) is 4.07. The lowest BCUT2D eigenvalue weighted by Crippen LogP contribution is -2.64. The first-order valence-electron chi connectivity index (χ1n) is 11.6. The summed E-state index contributed by atoms with van der Waals surface area (Å²) in [5.74, 6) is -1.20. The third-order valence-electron chi connectivity index (χ3n) is 5.66. The maximum atomic E-state index is 11.9. The molecule has 1 aromatic carbocycles. The quantitative estimate of drug-likeness (QED) is 0.344. The summed E-state index contributed by atoms with van der Waals surface area (Å²) in [4.78, 5) is 35.4. The predicted molar refractivity (Wildman–Crippen MR) is 121 cm³/mol. The molecular weight excluding hydrogens is 496 g/mol. The first kappa shape index (κ1) is 28.6. The standard InChI is InChI=1S/C24H32O13/c1-11-19(33-12(2)25)21(34-13(3)26)22(35-14(4)27)24(32-11)37-20-17(28)10-31-23(18(20)29)36-16-8-6-15(30-5)7-9-16/h6-9,11,17-24,28-29H,10H2,1-5H3/t11-,17+,18-,19+,20+,21+,22-,23+,24+/m1/s1. The number of ether oxygens (including phenoxy) is 8. The molecule has 37 heavy (non-hydrogen) atoms. The van der Waals surface area contributed by atoms with Crippen molar-refractivity contribution in [2.75, 3.05) is 13.7 Å². The number of aliphatic hydroxyl groups is 2. The lowest BCUT2D eigenvalue weighted by molar-refractivity contribution is -0.341. The Hall–Kier alpha value is -2.97. The third kappa shape index (κ3) is 7.29. The largest absolute Gasteiger partial charge is 0.497 e. The summed E-state index contributed by atoms with van der Waals surface area (Å²) in [5, 5.41) is 21.5. The number of esters is 3. The third-order valence-corrected chi connectivity index (χ3v) is 5.66. The molecule has 13 nitrogen and oxygen atoms in total. The molecule has 2 heterocycles. The summed E-state index contributed by atoms with van der Waals surface area (Å²) in [6.07, 6.45) is -11.5. The molecule has 0 aliphatic carbocycles. The van der Waals surface area contributed by atoms with Gasteiger partial charge in [0, 0.05) is 20.8 Å². The topological polar surface area (TPSA) is 166 Å². The Morgan fingerprint density at radius 1 is 0.811 bits per heavy atom. The van der Waals surface area contributed by atoms with E-state index in [9.17, 15) is 24.6 Å². The monoisotopic (exact) mass is 528 g/mol. The number of hydrogen-bond donors (Lipinski definition) is 2. The van der Waals surface area contributed by atoms with Crippen molar-refractivity contribution in [3.8, 4) is 11.5 Å². The van der Waals surface area contributed by atoms with Crippen molar-refractivity contribution in [1.82, 2.24) is 0 Å². The molecular formula is C24H32O13. The van der Waals surface area contributed by atoms with Crippen LogP contribution in [0.5, 0.6) is 11.5 Å². The van der Waals surface area contributed by atoms with E-state index in [1.807, 2.05) is 0 Å². The van der Waals surface area contributed by atoms with Gasteiger partial charge in [-0.05, 0) is 31.2 Å². The number of carbonyl (C=O) groups is 3. The van der Waals surface area contributed by atoms with Gasteiger partial charge in [0.15, 0.2) is 24.6 Å². The van der Waals surface area contributed by atoms with Crippen LogP contribution in [0.3, 0.4) is 0 Å². The minimum absolute atomic E-state index is 0.257. The Balaban J connectivity index is 1.82. The molecule has 3 rings (SSSR count). The number of benzene rings is 1. The summed E-state index contributed by atoms with van der Waals surface area (Å²) in [6.45, 7) is 4.71. The zero-order valence-electron chi connectivity index (χ0n) is 21.1. The second-order valence-corrected chi connectivity index (χ2v) is 8.59. The predicted octanol–water partition coefficient (Wildman–Crippen LogP) is 0.0772. The molecule has 2 N–H and O–H groups in total. The molecule has 13 heteroatoms. The van der Waals surface area contributed by atoms with E-state index in [1.165, 1.54) is 21.0 Å². The van der Waals surface area contributed by atoms with Crippen molar-refractivity contribution < 1.29 is 62.5 Å². The molecule has 0 saturated carbocycles. The molecule has 2 aliphatic rings. The van der Waals surface area contributed by atoms with Crippen molar-refractivity contribution in [3.05, 3.63) is 24.3 Å². The van der Waals surface area contributed by atoms with Crippen LogP contribution in [0.1, 0.15) is 27.7 Å². The molecule has 0 radical (unpaired) electrons. The smallest absolute Gasteiger partial charge is 0.303 e. The van der Waals surface area contributed by atoms with Gasteiger partial charge in [-0.1, -0.05) is 0 Å². The van der Waals surface area contributed by atoms with Crippen LogP contribution >= 0.6 is 0 Å². The minimum Gasteiger partial charge on any atom is -0.497 e. The summed E-state index contributed by atoms with van der Waals surface area (Å²) < 4.78 is 43.9. The minimum atomic E-state index is -1.51. The van der Waals surface area contributed by atoms with Crippen LogP contribution in [0.15, 0.2) is 24.3 Å². The number of methoxy groups -OCH3 is 1. The van der Waals surface area contributed by atoms with E-state index in [0.717, 1.165) is 13.8 Å². The first-order valence-corrected chi connectivity index (χ1v) is 11.6. The first-order chi connectivity index (χ1) is 17.5. The van der Waals surface area contributed by atoms with Crippen LogP contribution in [0.2, 0.25) is 0 Å². The molecule has 2 aliphatic heterocycles. The van der Waals surface area contributed by atoms with Gasteiger partial charge in [0.1, 0.15) is 29.8 Å². The summed E-state index contributed by atoms with van der Waals surface area (Å²) >= 11 is 0. The van der Waals surface area contributed by atoms with Crippen molar-refractivity contribution in [3.63, 3.8) is 0 Å². The zero-order chi connectivity index (χ0) is 27.3. The average molecular weight is 529 g/mol. The van der Waals surface area contributed by atoms with Crippen molar-refractivity contribution in [2.24, 2.45) is 0 Å². The van der Waals surface area contributed by atoms with Gasteiger partial charge < -0.3 is 48.1 Å².